The minimum atomic E-state index is 0.578. The summed E-state index contributed by atoms with van der Waals surface area (Å²) in [4.78, 5) is 0. The standard InChI is InChI=1S/C13H17NO/c1-4-15-13-9-10(2)12(6-5-7-14)8-11(13)3/h8-9H,4-6H2,1-3H3. The van der Waals surface area contributed by atoms with E-state index in [1.54, 1.807) is 0 Å². The number of benzene rings is 1. The van der Waals surface area contributed by atoms with Gasteiger partial charge in [0.25, 0.3) is 0 Å². The maximum Gasteiger partial charge on any atom is 0.122 e. The van der Waals surface area contributed by atoms with Crippen LogP contribution in [0.25, 0.3) is 0 Å². The van der Waals surface area contributed by atoms with Gasteiger partial charge in [0, 0.05) is 6.42 Å². The van der Waals surface area contributed by atoms with Gasteiger partial charge in [-0.3, -0.25) is 0 Å². The molecular formula is C13H17NO. The van der Waals surface area contributed by atoms with Crippen LogP contribution in [0.5, 0.6) is 5.75 Å². The Morgan fingerprint density at radius 2 is 2.00 bits per heavy atom. The minimum Gasteiger partial charge on any atom is -0.494 e. The molecular weight excluding hydrogens is 186 g/mol. The summed E-state index contributed by atoms with van der Waals surface area (Å²) in [6, 6.07) is 6.36. The predicted octanol–water partition coefficient (Wildman–Crippen LogP) is 3.16. The molecule has 80 valence electrons. The third-order valence-corrected chi connectivity index (χ3v) is 2.44. The van der Waals surface area contributed by atoms with Crippen molar-refractivity contribution in [1.29, 1.82) is 5.26 Å². The molecule has 2 nitrogen and oxygen atoms in total. The maximum absolute atomic E-state index is 8.55. The van der Waals surface area contributed by atoms with Crippen LogP contribution < -0.4 is 4.74 Å². The van der Waals surface area contributed by atoms with Crippen molar-refractivity contribution in [2.24, 2.45) is 0 Å². The van der Waals surface area contributed by atoms with Crippen LogP contribution in [0.4, 0.5) is 0 Å². The largest absolute Gasteiger partial charge is 0.494 e. The molecule has 0 aliphatic heterocycles. The van der Waals surface area contributed by atoms with Crippen molar-refractivity contribution >= 4 is 0 Å². The molecule has 1 aromatic rings. The molecule has 1 aromatic carbocycles. The minimum absolute atomic E-state index is 0.578. The highest BCUT2D eigenvalue weighted by Crippen LogP contribution is 2.23. The molecule has 0 amide bonds. The van der Waals surface area contributed by atoms with Gasteiger partial charge < -0.3 is 4.74 Å². The van der Waals surface area contributed by atoms with Crippen LogP contribution in [-0.4, -0.2) is 6.61 Å². The molecule has 0 radical (unpaired) electrons. The highest BCUT2D eigenvalue weighted by Gasteiger charge is 2.04. The van der Waals surface area contributed by atoms with Gasteiger partial charge in [-0.05, 0) is 49.9 Å². The van der Waals surface area contributed by atoms with Crippen molar-refractivity contribution in [3.05, 3.63) is 28.8 Å². The Balaban J connectivity index is 2.93. The number of hydrogen-bond donors (Lipinski definition) is 0. The van der Waals surface area contributed by atoms with Gasteiger partial charge in [-0.2, -0.15) is 5.26 Å². The van der Waals surface area contributed by atoms with Crippen LogP contribution >= 0.6 is 0 Å². The zero-order chi connectivity index (χ0) is 11.3. The second-order valence-electron chi connectivity index (χ2n) is 3.64. The number of hydrogen-bond acceptors (Lipinski definition) is 2. The maximum atomic E-state index is 8.55. The number of ether oxygens (including phenoxy) is 1. The highest BCUT2D eigenvalue weighted by atomic mass is 16.5. The molecule has 0 saturated carbocycles. The predicted molar refractivity (Wildman–Crippen MR) is 61.0 cm³/mol. The summed E-state index contributed by atoms with van der Waals surface area (Å²) in [6.07, 6.45) is 1.41. The molecule has 1 rings (SSSR count). The number of nitrogens with zero attached hydrogens (tertiary/aromatic N) is 1. The van der Waals surface area contributed by atoms with Gasteiger partial charge in [-0.1, -0.05) is 6.07 Å². The molecule has 0 spiro atoms. The van der Waals surface area contributed by atoms with Gasteiger partial charge in [0.1, 0.15) is 5.75 Å². The fraction of sp³-hybridized carbons (Fsp3) is 0.462. The lowest BCUT2D eigenvalue weighted by molar-refractivity contribution is 0.337. The normalized spacial score (nSPS) is 9.73. The Morgan fingerprint density at radius 1 is 1.27 bits per heavy atom. The molecule has 0 aromatic heterocycles. The van der Waals surface area contributed by atoms with E-state index in [9.17, 15) is 0 Å². The van der Waals surface area contributed by atoms with Gasteiger partial charge in [-0.15, -0.1) is 0 Å². The quantitative estimate of drug-likeness (QED) is 0.753. The number of nitriles is 1. The highest BCUT2D eigenvalue weighted by molar-refractivity contribution is 5.41. The first kappa shape index (κ1) is 11.6. The summed E-state index contributed by atoms with van der Waals surface area (Å²) < 4.78 is 5.51. The van der Waals surface area contributed by atoms with Gasteiger partial charge in [-0.25, -0.2) is 0 Å². The third kappa shape index (κ3) is 2.99. The Morgan fingerprint density at radius 3 is 2.60 bits per heavy atom. The first-order chi connectivity index (χ1) is 7.19. The molecule has 0 bridgehead atoms. The van der Waals surface area contributed by atoms with Crippen LogP contribution in [0.3, 0.4) is 0 Å². The summed E-state index contributed by atoms with van der Waals surface area (Å²) >= 11 is 0. The first-order valence-corrected chi connectivity index (χ1v) is 5.29. The fourth-order valence-corrected chi connectivity index (χ4v) is 1.62. The van der Waals surface area contributed by atoms with E-state index in [-0.39, 0.29) is 0 Å². The molecule has 0 N–H and O–H groups in total. The van der Waals surface area contributed by atoms with E-state index >= 15 is 0 Å². The SMILES string of the molecule is CCOc1cc(C)c(CCC#N)cc1C. The van der Waals surface area contributed by atoms with Crippen molar-refractivity contribution in [3.63, 3.8) is 0 Å². The number of rotatable bonds is 4. The second kappa shape index (κ2) is 5.41. The summed E-state index contributed by atoms with van der Waals surface area (Å²) in [5.41, 5.74) is 3.60. The Hall–Kier alpha value is -1.49. The molecule has 15 heavy (non-hydrogen) atoms. The smallest absolute Gasteiger partial charge is 0.122 e. The summed E-state index contributed by atoms with van der Waals surface area (Å²) in [7, 11) is 0. The lowest BCUT2D eigenvalue weighted by Gasteiger charge is -2.11. The van der Waals surface area contributed by atoms with Gasteiger partial charge in [0.2, 0.25) is 0 Å². The average Bonchev–Trinajstić information content (AvgIpc) is 2.21. The third-order valence-electron chi connectivity index (χ3n) is 2.44. The lowest BCUT2D eigenvalue weighted by atomic mass is 10.0. The molecule has 0 heterocycles. The van der Waals surface area contributed by atoms with Gasteiger partial charge in [0.15, 0.2) is 0 Å². The van der Waals surface area contributed by atoms with Crippen molar-refractivity contribution in [2.75, 3.05) is 6.61 Å². The van der Waals surface area contributed by atoms with E-state index < -0.39 is 0 Å². The zero-order valence-electron chi connectivity index (χ0n) is 9.63. The van der Waals surface area contributed by atoms with Crippen molar-refractivity contribution in [1.82, 2.24) is 0 Å². The van der Waals surface area contributed by atoms with E-state index in [4.69, 9.17) is 10.00 Å². The zero-order valence-corrected chi connectivity index (χ0v) is 9.63. The Labute approximate surface area is 91.5 Å². The Bertz CT molecular complexity index is 377. The van der Waals surface area contributed by atoms with E-state index in [2.05, 4.69) is 25.1 Å². The lowest BCUT2D eigenvalue weighted by Crippen LogP contribution is -1.97. The second-order valence-corrected chi connectivity index (χ2v) is 3.64. The number of aryl methyl sites for hydroxylation is 3. The van der Waals surface area contributed by atoms with Crippen molar-refractivity contribution in [3.8, 4) is 11.8 Å². The summed E-state index contributed by atoms with van der Waals surface area (Å²) in [6.45, 7) is 6.78. The topological polar surface area (TPSA) is 33.0 Å². The molecule has 2 heteroatoms. The van der Waals surface area contributed by atoms with Crippen LogP contribution in [0.2, 0.25) is 0 Å². The summed E-state index contributed by atoms with van der Waals surface area (Å²) in [5.74, 6) is 0.954. The van der Waals surface area contributed by atoms with E-state index in [1.165, 1.54) is 11.1 Å². The monoisotopic (exact) mass is 203 g/mol. The fourth-order valence-electron chi connectivity index (χ4n) is 1.62. The van der Waals surface area contributed by atoms with Gasteiger partial charge >= 0.3 is 0 Å². The molecule has 0 aliphatic rings. The first-order valence-electron chi connectivity index (χ1n) is 5.29. The van der Waals surface area contributed by atoms with Crippen LogP contribution in [0.1, 0.15) is 30.0 Å². The van der Waals surface area contributed by atoms with Gasteiger partial charge in [0.05, 0.1) is 12.7 Å². The average molecular weight is 203 g/mol. The van der Waals surface area contributed by atoms with Crippen molar-refractivity contribution < 1.29 is 4.74 Å². The van der Waals surface area contributed by atoms with Crippen molar-refractivity contribution in [2.45, 2.75) is 33.6 Å². The molecule has 0 unspecified atom stereocenters. The van der Waals surface area contributed by atoms with E-state index in [1.807, 2.05) is 13.8 Å². The molecule has 0 saturated heterocycles. The van der Waals surface area contributed by atoms with E-state index in [0.29, 0.717) is 13.0 Å². The molecule has 0 aliphatic carbocycles. The van der Waals surface area contributed by atoms with E-state index in [0.717, 1.165) is 17.7 Å². The van der Waals surface area contributed by atoms with Crippen LogP contribution in [-0.2, 0) is 6.42 Å². The Kier molecular flexibility index (Phi) is 4.17. The van der Waals surface area contributed by atoms with Crippen LogP contribution in [0.15, 0.2) is 12.1 Å². The summed E-state index contributed by atoms with van der Waals surface area (Å²) in [5, 5.41) is 8.55. The molecule has 0 atom stereocenters. The molecule has 0 fully saturated rings. The van der Waals surface area contributed by atoms with Crippen LogP contribution in [0, 0.1) is 25.2 Å².